The maximum atomic E-state index is 10.9. The molecule has 0 radical (unpaired) electrons. The fourth-order valence-electron chi connectivity index (χ4n) is 3.71. The quantitative estimate of drug-likeness (QED) is 0.0691. The van der Waals surface area contributed by atoms with E-state index in [0.29, 0.717) is 0 Å². The molecule has 0 unspecified atom stereocenters. The number of unbranched alkanes of at least 4 members (excludes halogenated alkanes) is 9. The number of nitro groups is 2. The minimum atomic E-state index is -0.417. The van der Waals surface area contributed by atoms with Gasteiger partial charge in [-0.1, -0.05) is 119 Å². The number of hydrogen-bond acceptors (Lipinski definition) is 5. The zero-order valence-electron chi connectivity index (χ0n) is 22.7. The van der Waals surface area contributed by atoms with Crippen LogP contribution in [0.5, 0.6) is 0 Å². The molecule has 0 spiro atoms. The summed E-state index contributed by atoms with van der Waals surface area (Å²) in [5.74, 6) is 0. The molecule has 3 rings (SSSR count). The fraction of sp³-hybridized carbons (Fsp3) is 0.400. The summed E-state index contributed by atoms with van der Waals surface area (Å²) < 4.78 is 0. The third-order valence-corrected chi connectivity index (χ3v) is 5.75. The van der Waals surface area contributed by atoms with Gasteiger partial charge in [0.1, 0.15) is 0 Å². The summed E-state index contributed by atoms with van der Waals surface area (Å²) in [6.07, 6.45) is 13.8. The number of benzene rings is 3. The van der Waals surface area contributed by atoms with E-state index in [-0.39, 0.29) is 45.8 Å². The zero-order valence-corrected chi connectivity index (χ0v) is 24.6. The summed E-state index contributed by atoms with van der Waals surface area (Å²) in [7, 11) is 0. The standard InChI is InChI=1S/C18H29NO2.C6H5NO2.C6H7N.ClH.Fe/c1-2-3-4-5-6-7-8-9-10-11-14-17-15-12-13-16-18(17)19(20)21;8-7(9)6-4-2-1-3-5-6;7-6-4-2-1-3-5-6;;/h12-13,15-16H,2-11,14H2,1H3;1-5H;1-5H,7H2;1H;. The molecule has 0 aliphatic rings. The number of aryl methyl sites for hydroxylation is 1. The van der Waals surface area contributed by atoms with Crippen molar-refractivity contribution < 1.29 is 26.9 Å². The molecular formula is C30H42ClFeN3O4. The second kappa shape index (κ2) is 25.4. The fourth-order valence-corrected chi connectivity index (χ4v) is 3.71. The minimum Gasteiger partial charge on any atom is -0.399 e. The number of hydrogen-bond donors (Lipinski definition) is 1. The van der Waals surface area contributed by atoms with Gasteiger partial charge in [-0.15, -0.1) is 12.4 Å². The van der Waals surface area contributed by atoms with Crippen molar-refractivity contribution in [1.82, 2.24) is 0 Å². The Morgan fingerprint density at radius 2 is 1.05 bits per heavy atom. The van der Waals surface area contributed by atoms with Gasteiger partial charge in [-0.05, 0) is 25.0 Å². The Morgan fingerprint density at radius 3 is 1.46 bits per heavy atom. The first-order chi connectivity index (χ1) is 18.0. The molecule has 0 aromatic heterocycles. The van der Waals surface area contributed by atoms with Crippen LogP contribution in [0.3, 0.4) is 0 Å². The van der Waals surface area contributed by atoms with Crippen LogP contribution in [0.15, 0.2) is 84.9 Å². The van der Waals surface area contributed by atoms with Crippen LogP contribution in [-0.2, 0) is 23.5 Å². The van der Waals surface area contributed by atoms with Gasteiger partial charge in [0.15, 0.2) is 0 Å². The number of nitro benzene ring substituents is 2. The molecule has 39 heavy (non-hydrogen) atoms. The van der Waals surface area contributed by atoms with Crippen LogP contribution in [0.4, 0.5) is 17.1 Å². The van der Waals surface area contributed by atoms with Gasteiger partial charge in [-0.3, -0.25) is 20.2 Å². The maximum absolute atomic E-state index is 10.9. The normalized spacial score (nSPS) is 9.36. The SMILES string of the molecule is CCCCCCCCCCCCc1ccccc1[N+](=O)[O-].Cl.Nc1ccccc1.O=[N+]([O-])c1ccccc1.[Fe]. The Labute approximate surface area is 249 Å². The first-order valence-corrected chi connectivity index (χ1v) is 13.2. The zero-order chi connectivity index (χ0) is 27.1. The average molecular weight is 600 g/mol. The van der Waals surface area contributed by atoms with Crippen LogP contribution in [0, 0.1) is 20.2 Å². The van der Waals surface area contributed by atoms with Crippen molar-refractivity contribution in [2.45, 2.75) is 77.6 Å². The topological polar surface area (TPSA) is 112 Å². The van der Waals surface area contributed by atoms with E-state index in [4.69, 9.17) is 5.73 Å². The van der Waals surface area contributed by atoms with Crippen molar-refractivity contribution in [2.24, 2.45) is 0 Å². The van der Waals surface area contributed by atoms with Crippen molar-refractivity contribution >= 4 is 29.5 Å². The van der Waals surface area contributed by atoms with Gasteiger partial charge in [0.2, 0.25) is 0 Å². The number of nitrogens with zero attached hydrogens (tertiary/aromatic N) is 2. The van der Waals surface area contributed by atoms with E-state index in [1.807, 2.05) is 42.5 Å². The maximum Gasteiger partial charge on any atom is 0.272 e. The predicted octanol–water partition coefficient (Wildman–Crippen LogP) is 9.34. The van der Waals surface area contributed by atoms with Gasteiger partial charge in [0, 0.05) is 46.5 Å². The Hall–Kier alpha value is -2.93. The molecular weight excluding hydrogens is 558 g/mol. The van der Waals surface area contributed by atoms with Crippen molar-refractivity contribution in [3.05, 3.63) is 111 Å². The van der Waals surface area contributed by atoms with Gasteiger partial charge < -0.3 is 5.73 Å². The molecule has 0 saturated heterocycles. The van der Waals surface area contributed by atoms with Gasteiger partial charge in [-0.2, -0.15) is 0 Å². The summed E-state index contributed by atoms with van der Waals surface area (Å²) >= 11 is 0. The number of non-ortho nitro benzene ring substituents is 1. The van der Waals surface area contributed by atoms with Gasteiger partial charge in [0.05, 0.1) is 9.85 Å². The molecule has 3 aromatic rings. The van der Waals surface area contributed by atoms with E-state index in [0.717, 1.165) is 24.1 Å². The second-order valence-electron chi connectivity index (χ2n) is 8.82. The Balaban J connectivity index is 0. The summed E-state index contributed by atoms with van der Waals surface area (Å²) in [5.41, 5.74) is 7.46. The molecule has 0 aliphatic carbocycles. The van der Waals surface area contributed by atoms with E-state index in [1.54, 1.807) is 30.3 Å². The van der Waals surface area contributed by atoms with E-state index in [1.165, 1.54) is 69.9 Å². The number of para-hydroxylation sites is 3. The molecule has 0 saturated carbocycles. The van der Waals surface area contributed by atoms with Gasteiger partial charge in [0.25, 0.3) is 11.4 Å². The Morgan fingerprint density at radius 1 is 0.615 bits per heavy atom. The predicted molar refractivity (Wildman–Crippen MR) is 160 cm³/mol. The van der Waals surface area contributed by atoms with Crippen LogP contribution in [0.2, 0.25) is 0 Å². The summed E-state index contributed by atoms with van der Waals surface area (Å²) in [6.45, 7) is 2.25. The third-order valence-electron chi connectivity index (χ3n) is 5.75. The van der Waals surface area contributed by atoms with Gasteiger partial charge in [-0.25, -0.2) is 0 Å². The Bertz CT molecular complexity index is 1010. The van der Waals surface area contributed by atoms with Gasteiger partial charge >= 0.3 is 0 Å². The van der Waals surface area contributed by atoms with Crippen molar-refractivity contribution in [3.8, 4) is 0 Å². The van der Waals surface area contributed by atoms with Crippen LogP contribution >= 0.6 is 12.4 Å². The van der Waals surface area contributed by atoms with E-state index in [9.17, 15) is 20.2 Å². The smallest absolute Gasteiger partial charge is 0.272 e. The first kappa shape index (κ1) is 38.2. The minimum absolute atomic E-state index is 0. The number of anilines is 1. The number of halogens is 1. The van der Waals surface area contributed by atoms with Crippen LogP contribution < -0.4 is 5.73 Å². The molecule has 7 nitrogen and oxygen atoms in total. The number of nitrogen functional groups attached to an aromatic ring is 1. The average Bonchev–Trinajstić information content (AvgIpc) is 2.91. The number of nitrogens with two attached hydrogens (primary N) is 1. The molecule has 0 amide bonds. The Kier molecular flexibility index (Phi) is 24.8. The van der Waals surface area contributed by atoms with Crippen molar-refractivity contribution in [3.63, 3.8) is 0 Å². The monoisotopic (exact) mass is 599 g/mol. The molecule has 216 valence electrons. The number of rotatable bonds is 13. The summed E-state index contributed by atoms with van der Waals surface area (Å²) in [5, 5.41) is 20.9. The van der Waals surface area contributed by atoms with E-state index >= 15 is 0 Å². The molecule has 0 heterocycles. The molecule has 9 heteroatoms. The molecule has 2 N–H and O–H groups in total. The largest absolute Gasteiger partial charge is 0.399 e. The molecule has 0 atom stereocenters. The van der Waals surface area contributed by atoms with Crippen LogP contribution in [-0.4, -0.2) is 9.85 Å². The second-order valence-corrected chi connectivity index (χ2v) is 8.82. The molecule has 0 aliphatic heterocycles. The molecule has 3 aromatic carbocycles. The van der Waals surface area contributed by atoms with Crippen molar-refractivity contribution in [2.75, 3.05) is 5.73 Å². The summed E-state index contributed by atoms with van der Waals surface area (Å²) in [6, 6.07) is 24.5. The van der Waals surface area contributed by atoms with E-state index in [2.05, 4.69) is 6.92 Å². The van der Waals surface area contributed by atoms with Crippen LogP contribution in [0.25, 0.3) is 0 Å². The van der Waals surface area contributed by atoms with Crippen LogP contribution in [0.1, 0.15) is 76.7 Å². The third kappa shape index (κ3) is 19.7. The van der Waals surface area contributed by atoms with E-state index < -0.39 is 4.92 Å². The van der Waals surface area contributed by atoms with Crippen molar-refractivity contribution in [1.29, 1.82) is 0 Å². The molecule has 0 fully saturated rings. The molecule has 0 bridgehead atoms. The first-order valence-electron chi connectivity index (χ1n) is 13.2. The summed E-state index contributed by atoms with van der Waals surface area (Å²) in [4.78, 5) is 20.2.